The van der Waals surface area contributed by atoms with Crippen LogP contribution in [0.4, 0.5) is 0 Å². The van der Waals surface area contributed by atoms with E-state index in [1.165, 1.54) is 32.4 Å². The van der Waals surface area contributed by atoms with Crippen molar-refractivity contribution in [3.05, 3.63) is 0 Å². The Bertz CT molecular complexity index is 297. The standard InChI is InChI=1S/C16H29NO/c1-13-5-6-15(18)14(11-13)12-17-9-4-7-16(2,3)8-10-17/h13-14H,4-12H2,1-3H3. The van der Waals surface area contributed by atoms with E-state index in [0.717, 1.165) is 31.7 Å². The van der Waals surface area contributed by atoms with E-state index in [2.05, 4.69) is 25.7 Å². The predicted molar refractivity (Wildman–Crippen MR) is 75.6 cm³/mol. The summed E-state index contributed by atoms with van der Waals surface area (Å²) < 4.78 is 0. The van der Waals surface area contributed by atoms with Gasteiger partial charge < -0.3 is 4.90 Å². The van der Waals surface area contributed by atoms with Crippen LogP contribution < -0.4 is 0 Å². The summed E-state index contributed by atoms with van der Waals surface area (Å²) in [6.07, 6.45) is 6.97. The summed E-state index contributed by atoms with van der Waals surface area (Å²) in [5.74, 6) is 1.60. The average Bonchev–Trinajstić information content (AvgIpc) is 2.46. The van der Waals surface area contributed by atoms with Crippen molar-refractivity contribution in [2.24, 2.45) is 17.3 Å². The number of nitrogens with zero attached hydrogens (tertiary/aromatic N) is 1. The molecule has 0 aromatic carbocycles. The summed E-state index contributed by atoms with van der Waals surface area (Å²) in [4.78, 5) is 14.6. The molecule has 0 aromatic rings. The molecular formula is C16H29NO. The second kappa shape index (κ2) is 5.73. The highest BCUT2D eigenvalue weighted by atomic mass is 16.1. The minimum absolute atomic E-state index is 0.329. The lowest BCUT2D eigenvalue weighted by Crippen LogP contribution is -2.37. The molecule has 2 nitrogen and oxygen atoms in total. The zero-order chi connectivity index (χ0) is 13.2. The number of hydrogen-bond acceptors (Lipinski definition) is 2. The minimum Gasteiger partial charge on any atom is -0.303 e. The molecule has 1 saturated carbocycles. The van der Waals surface area contributed by atoms with Gasteiger partial charge in [0.1, 0.15) is 5.78 Å². The van der Waals surface area contributed by atoms with Crippen molar-refractivity contribution in [1.82, 2.24) is 4.90 Å². The molecule has 0 spiro atoms. The average molecular weight is 251 g/mol. The first-order chi connectivity index (χ1) is 8.46. The first-order valence-electron chi connectivity index (χ1n) is 7.71. The maximum atomic E-state index is 12.0. The van der Waals surface area contributed by atoms with Crippen LogP contribution in [0.1, 0.15) is 59.3 Å². The molecule has 1 heterocycles. The van der Waals surface area contributed by atoms with Crippen LogP contribution in [0, 0.1) is 17.3 Å². The Morgan fingerprint density at radius 3 is 2.83 bits per heavy atom. The monoisotopic (exact) mass is 251 g/mol. The molecule has 104 valence electrons. The van der Waals surface area contributed by atoms with Crippen LogP contribution in [-0.2, 0) is 4.79 Å². The molecule has 18 heavy (non-hydrogen) atoms. The molecule has 2 unspecified atom stereocenters. The Labute approximate surface area is 112 Å². The summed E-state index contributed by atoms with van der Waals surface area (Å²) in [7, 11) is 0. The second-order valence-electron chi connectivity index (χ2n) is 7.36. The number of rotatable bonds is 2. The van der Waals surface area contributed by atoms with Crippen LogP contribution in [-0.4, -0.2) is 30.3 Å². The van der Waals surface area contributed by atoms with E-state index in [0.29, 0.717) is 17.1 Å². The van der Waals surface area contributed by atoms with Crippen LogP contribution in [0.3, 0.4) is 0 Å². The first kappa shape index (κ1) is 14.0. The van der Waals surface area contributed by atoms with Crippen molar-refractivity contribution < 1.29 is 4.79 Å². The van der Waals surface area contributed by atoms with Crippen molar-refractivity contribution in [3.8, 4) is 0 Å². The summed E-state index contributed by atoms with van der Waals surface area (Å²) in [5.41, 5.74) is 0.499. The van der Waals surface area contributed by atoms with Gasteiger partial charge in [-0.2, -0.15) is 0 Å². The molecule has 2 fully saturated rings. The van der Waals surface area contributed by atoms with Gasteiger partial charge in [0.25, 0.3) is 0 Å². The lowest BCUT2D eigenvalue weighted by Gasteiger charge is -2.31. The summed E-state index contributed by atoms with van der Waals surface area (Å²) in [5, 5.41) is 0. The van der Waals surface area contributed by atoms with E-state index in [1.807, 2.05) is 0 Å². The lowest BCUT2D eigenvalue weighted by molar-refractivity contribution is -0.126. The van der Waals surface area contributed by atoms with Crippen molar-refractivity contribution >= 4 is 5.78 Å². The Hall–Kier alpha value is -0.370. The van der Waals surface area contributed by atoms with Gasteiger partial charge in [-0.15, -0.1) is 0 Å². The number of carbonyl (C=O) groups is 1. The summed E-state index contributed by atoms with van der Waals surface area (Å²) in [6, 6.07) is 0. The number of ketones is 1. The van der Waals surface area contributed by atoms with Gasteiger partial charge in [0.2, 0.25) is 0 Å². The largest absolute Gasteiger partial charge is 0.303 e. The molecule has 1 aliphatic heterocycles. The van der Waals surface area contributed by atoms with E-state index in [1.54, 1.807) is 0 Å². The van der Waals surface area contributed by atoms with E-state index in [-0.39, 0.29) is 0 Å². The van der Waals surface area contributed by atoms with Crippen LogP contribution in [0.5, 0.6) is 0 Å². The van der Waals surface area contributed by atoms with E-state index in [4.69, 9.17) is 0 Å². The molecule has 0 amide bonds. The molecule has 2 heteroatoms. The van der Waals surface area contributed by atoms with E-state index in [9.17, 15) is 4.79 Å². The number of hydrogen-bond donors (Lipinski definition) is 0. The third-order valence-electron chi connectivity index (χ3n) is 4.94. The highest BCUT2D eigenvalue weighted by Crippen LogP contribution is 2.31. The fraction of sp³-hybridized carbons (Fsp3) is 0.938. The molecule has 1 aliphatic carbocycles. The fourth-order valence-corrected chi connectivity index (χ4v) is 3.48. The molecule has 2 aliphatic rings. The van der Waals surface area contributed by atoms with Gasteiger partial charge in [-0.1, -0.05) is 20.8 Å². The fourth-order valence-electron chi connectivity index (χ4n) is 3.48. The van der Waals surface area contributed by atoms with E-state index >= 15 is 0 Å². The minimum atomic E-state index is 0.329. The van der Waals surface area contributed by atoms with Gasteiger partial charge in [0.15, 0.2) is 0 Å². The highest BCUT2D eigenvalue weighted by Gasteiger charge is 2.30. The van der Waals surface area contributed by atoms with Crippen molar-refractivity contribution in [2.75, 3.05) is 19.6 Å². The Morgan fingerprint density at radius 1 is 1.28 bits per heavy atom. The molecule has 0 radical (unpaired) electrons. The quantitative estimate of drug-likeness (QED) is 0.748. The van der Waals surface area contributed by atoms with Gasteiger partial charge in [-0.05, 0) is 56.5 Å². The van der Waals surface area contributed by atoms with Crippen LogP contribution >= 0.6 is 0 Å². The van der Waals surface area contributed by atoms with Crippen molar-refractivity contribution in [2.45, 2.75) is 59.3 Å². The highest BCUT2D eigenvalue weighted by molar-refractivity contribution is 5.81. The first-order valence-corrected chi connectivity index (χ1v) is 7.71. The van der Waals surface area contributed by atoms with Gasteiger partial charge in [-0.3, -0.25) is 4.79 Å². The van der Waals surface area contributed by atoms with Crippen molar-refractivity contribution in [1.29, 1.82) is 0 Å². The smallest absolute Gasteiger partial charge is 0.137 e. The lowest BCUT2D eigenvalue weighted by atomic mass is 9.81. The number of likely N-dealkylation sites (tertiary alicyclic amines) is 1. The molecule has 1 saturated heterocycles. The normalized spacial score (nSPS) is 34.3. The molecule has 2 rings (SSSR count). The Balaban J connectivity index is 1.87. The van der Waals surface area contributed by atoms with Gasteiger partial charge in [-0.25, -0.2) is 0 Å². The van der Waals surface area contributed by atoms with Crippen molar-refractivity contribution in [3.63, 3.8) is 0 Å². The SMILES string of the molecule is CC1CCC(=O)C(CN2CCCC(C)(C)CC2)C1. The zero-order valence-corrected chi connectivity index (χ0v) is 12.4. The van der Waals surface area contributed by atoms with Crippen LogP contribution in [0.25, 0.3) is 0 Å². The maximum Gasteiger partial charge on any atom is 0.137 e. The van der Waals surface area contributed by atoms with Gasteiger partial charge >= 0.3 is 0 Å². The van der Waals surface area contributed by atoms with E-state index < -0.39 is 0 Å². The number of carbonyl (C=O) groups excluding carboxylic acids is 1. The van der Waals surface area contributed by atoms with Gasteiger partial charge in [0, 0.05) is 18.9 Å². The zero-order valence-electron chi connectivity index (χ0n) is 12.4. The Kier molecular flexibility index (Phi) is 4.47. The summed E-state index contributed by atoms with van der Waals surface area (Å²) >= 11 is 0. The van der Waals surface area contributed by atoms with Crippen LogP contribution in [0.2, 0.25) is 0 Å². The molecule has 0 bridgehead atoms. The predicted octanol–water partition coefficient (Wildman–Crippen LogP) is 3.50. The molecule has 0 N–H and O–H groups in total. The molecular weight excluding hydrogens is 222 g/mol. The summed E-state index contributed by atoms with van der Waals surface area (Å²) in [6.45, 7) is 10.5. The molecule has 0 aromatic heterocycles. The molecule has 2 atom stereocenters. The number of Topliss-reactive ketones (excluding diaryl/α,β-unsaturated/α-hetero) is 1. The second-order valence-corrected chi connectivity index (χ2v) is 7.36. The van der Waals surface area contributed by atoms with Crippen LogP contribution in [0.15, 0.2) is 0 Å². The Morgan fingerprint density at radius 2 is 2.06 bits per heavy atom. The third kappa shape index (κ3) is 3.81. The van der Waals surface area contributed by atoms with Gasteiger partial charge in [0.05, 0.1) is 0 Å². The maximum absolute atomic E-state index is 12.0. The third-order valence-corrected chi connectivity index (χ3v) is 4.94. The topological polar surface area (TPSA) is 20.3 Å².